The highest BCUT2D eigenvalue weighted by atomic mass is 16.2. The molecule has 1 aromatic carbocycles. The van der Waals surface area contributed by atoms with Gasteiger partial charge in [0, 0.05) is 11.6 Å². The minimum atomic E-state index is -0.0482. The molecule has 0 radical (unpaired) electrons. The first-order valence-corrected chi connectivity index (χ1v) is 8.26. The summed E-state index contributed by atoms with van der Waals surface area (Å²) in [5.41, 5.74) is 0.897. The second kappa shape index (κ2) is 6.89. The van der Waals surface area contributed by atoms with E-state index < -0.39 is 0 Å². The number of nitrogens with one attached hydrogen (secondary N) is 1. The van der Waals surface area contributed by atoms with Gasteiger partial charge in [-0.25, -0.2) is 0 Å². The van der Waals surface area contributed by atoms with Gasteiger partial charge in [-0.2, -0.15) is 4.80 Å². The molecule has 3 atom stereocenters. The molecule has 0 bridgehead atoms. The maximum atomic E-state index is 12.2. The second-order valence-corrected chi connectivity index (χ2v) is 6.45. The molecule has 1 fully saturated rings. The van der Waals surface area contributed by atoms with Crippen molar-refractivity contribution in [1.29, 1.82) is 0 Å². The second-order valence-electron chi connectivity index (χ2n) is 6.45. The summed E-state index contributed by atoms with van der Waals surface area (Å²) in [7, 11) is 0. The molecule has 0 saturated heterocycles. The van der Waals surface area contributed by atoms with Gasteiger partial charge in [0.15, 0.2) is 0 Å². The molecule has 1 aliphatic carbocycles. The predicted molar refractivity (Wildman–Crippen MR) is 87.4 cm³/mol. The van der Waals surface area contributed by atoms with E-state index in [2.05, 4.69) is 34.6 Å². The molecule has 3 rings (SSSR count). The molecule has 23 heavy (non-hydrogen) atoms. The fraction of sp³-hybridized carbons (Fsp3) is 0.529. The van der Waals surface area contributed by atoms with Crippen molar-refractivity contribution < 1.29 is 4.79 Å². The molecule has 1 aromatic heterocycles. The summed E-state index contributed by atoms with van der Waals surface area (Å²) in [6.07, 6.45) is 3.48. The summed E-state index contributed by atoms with van der Waals surface area (Å²) in [5, 5.41) is 15.4. The van der Waals surface area contributed by atoms with Crippen molar-refractivity contribution >= 4 is 5.91 Å². The van der Waals surface area contributed by atoms with Crippen LogP contribution in [0.25, 0.3) is 11.4 Å². The first-order chi connectivity index (χ1) is 11.1. The molecule has 1 N–H and O–H groups in total. The minimum absolute atomic E-state index is 0.0482. The van der Waals surface area contributed by atoms with E-state index in [0.29, 0.717) is 17.7 Å². The molecule has 6 nitrogen and oxygen atoms in total. The van der Waals surface area contributed by atoms with Crippen molar-refractivity contribution in [3.05, 3.63) is 30.3 Å². The number of carbonyl (C=O) groups is 1. The first-order valence-electron chi connectivity index (χ1n) is 8.26. The number of benzene rings is 1. The lowest BCUT2D eigenvalue weighted by Crippen LogP contribution is -2.45. The quantitative estimate of drug-likeness (QED) is 0.940. The number of carbonyl (C=O) groups excluding carboxylic acids is 1. The van der Waals surface area contributed by atoms with Crippen molar-refractivity contribution in [1.82, 2.24) is 25.5 Å². The number of amides is 1. The Morgan fingerprint density at radius 3 is 2.83 bits per heavy atom. The predicted octanol–water partition coefficient (Wildman–Crippen LogP) is 2.28. The van der Waals surface area contributed by atoms with E-state index >= 15 is 0 Å². The molecule has 0 unspecified atom stereocenters. The highest BCUT2D eigenvalue weighted by molar-refractivity contribution is 5.75. The van der Waals surface area contributed by atoms with E-state index in [1.807, 2.05) is 30.3 Å². The van der Waals surface area contributed by atoms with Gasteiger partial charge in [0.25, 0.3) is 0 Å². The zero-order valence-corrected chi connectivity index (χ0v) is 13.6. The van der Waals surface area contributed by atoms with Gasteiger partial charge in [-0.1, -0.05) is 57.0 Å². The lowest BCUT2D eigenvalue weighted by atomic mass is 9.78. The third-order valence-corrected chi connectivity index (χ3v) is 4.82. The molecular weight excluding hydrogens is 290 g/mol. The van der Waals surface area contributed by atoms with Gasteiger partial charge in [0.05, 0.1) is 0 Å². The molecule has 0 aliphatic heterocycles. The van der Waals surface area contributed by atoms with Gasteiger partial charge in [-0.15, -0.1) is 10.2 Å². The third kappa shape index (κ3) is 3.75. The number of aromatic nitrogens is 4. The number of nitrogens with zero attached hydrogens (tertiary/aromatic N) is 4. The largest absolute Gasteiger partial charge is 0.351 e. The Morgan fingerprint density at radius 2 is 2.04 bits per heavy atom. The molecule has 1 saturated carbocycles. The SMILES string of the molecule is C[C@H]1[C@@H](NC(=O)Cn2nnc(-c3ccccc3)n2)CCC[C@@H]1C. The van der Waals surface area contributed by atoms with Crippen LogP contribution in [0.2, 0.25) is 0 Å². The van der Waals surface area contributed by atoms with Crippen LogP contribution in [0.5, 0.6) is 0 Å². The molecule has 122 valence electrons. The average molecular weight is 313 g/mol. The Kier molecular flexibility index (Phi) is 4.69. The van der Waals surface area contributed by atoms with Gasteiger partial charge in [-0.05, 0) is 23.5 Å². The van der Waals surface area contributed by atoms with E-state index in [1.54, 1.807) is 0 Å². The van der Waals surface area contributed by atoms with Crippen LogP contribution < -0.4 is 5.32 Å². The summed E-state index contributed by atoms with van der Waals surface area (Å²) in [6.45, 7) is 4.58. The van der Waals surface area contributed by atoms with Crippen molar-refractivity contribution in [3.8, 4) is 11.4 Å². The number of hydrogen-bond donors (Lipinski definition) is 1. The molecule has 1 amide bonds. The maximum absolute atomic E-state index is 12.2. The van der Waals surface area contributed by atoms with E-state index in [4.69, 9.17) is 0 Å². The zero-order chi connectivity index (χ0) is 16.2. The first kappa shape index (κ1) is 15.6. The summed E-state index contributed by atoms with van der Waals surface area (Å²) in [4.78, 5) is 13.6. The summed E-state index contributed by atoms with van der Waals surface area (Å²) in [6, 6.07) is 9.89. The Hall–Kier alpha value is -2.24. The van der Waals surface area contributed by atoms with Crippen LogP contribution in [0, 0.1) is 11.8 Å². The van der Waals surface area contributed by atoms with Gasteiger partial charge >= 0.3 is 0 Å². The standard InChI is InChI=1S/C17H23N5O/c1-12-7-6-10-15(13(12)2)18-16(23)11-22-20-17(19-21-22)14-8-4-3-5-9-14/h3-5,8-9,12-13,15H,6-7,10-11H2,1-2H3,(H,18,23)/t12-,13+,15-/m0/s1. The summed E-state index contributed by atoms with van der Waals surface area (Å²) in [5.74, 6) is 1.66. The van der Waals surface area contributed by atoms with Crippen LogP contribution in [-0.4, -0.2) is 32.2 Å². The third-order valence-electron chi connectivity index (χ3n) is 4.82. The van der Waals surface area contributed by atoms with Crippen LogP contribution >= 0.6 is 0 Å². The molecule has 1 heterocycles. The van der Waals surface area contributed by atoms with Crippen molar-refractivity contribution in [2.45, 2.75) is 45.7 Å². The van der Waals surface area contributed by atoms with Crippen molar-refractivity contribution in [2.75, 3.05) is 0 Å². The zero-order valence-electron chi connectivity index (χ0n) is 13.6. The Morgan fingerprint density at radius 1 is 1.26 bits per heavy atom. The van der Waals surface area contributed by atoms with Crippen LogP contribution in [0.15, 0.2) is 30.3 Å². The van der Waals surface area contributed by atoms with Crippen molar-refractivity contribution in [3.63, 3.8) is 0 Å². The van der Waals surface area contributed by atoms with Gasteiger partial charge in [0.1, 0.15) is 6.54 Å². The summed E-state index contributed by atoms with van der Waals surface area (Å²) >= 11 is 0. The Labute approximate surface area is 136 Å². The monoisotopic (exact) mass is 313 g/mol. The Bertz CT molecular complexity index is 654. The lowest BCUT2D eigenvalue weighted by Gasteiger charge is -2.34. The number of hydrogen-bond acceptors (Lipinski definition) is 4. The van der Waals surface area contributed by atoms with Gasteiger partial charge in [0.2, 0.25) is 11.7 Å². The molecule has 1 aliphatic rings. The molecular formula is C17H23N5O. The minimum Gasteiger partial charge on any atom is -0.351 e. The van der Waals surface area contributed by atoms with Gasteiger partial charge in [-0.3, -0.25) is 4.79 Å². The number of tetrazole rings is 1. The van der Waals surface area contributed by atoms with E-state index in [0.717, 1.165) is 12.0 Å². The molecule has 0 spiro atoms. The normalized spacial score (nSPS) is 24.3. The average Bonchev–Trinajstić information content (AvgIpc) is 3.01. The van der Waals surface area contributed by atoms with E-state index in [-0.39, 0.29) is 18.5 Å². The van der Waals surface area contributed by atoms with Crippen LogP contribution in [0.1, 0.15) is 33.1 Å². The lowest BCUT2D eigenvalue weighted by molar-refractivity contribution is -0.123. The topological polar surface area (TPSA) is 72.7 Å². The van der Waals surface area contributed by atoms with Crippen molar-refractivity contribution in [2.24, 2.45) is 11.8 Å². The number of rotatable bonds is 4. The smallest absolute Gasteiger partial charge is 0.243 e. The van der Waals surface area contributed by atoms with Crippen LogP contribution in [0.4, 0.5) is 0 Å². The van der Waals surface area contributed by atoms with E-state index in [9.17, 15) is 4.79 Å². The molecule has 2 aromatic rings. The molecule has 6 heteroatoms. The Balaban J connectivity index is 1.59. The fourth-order valence-corrected chi connectivity index (χ4v) is 3.18. The fourth-order valence-electron chi connectivity index (χ4n) is 3.18. The maximum Gasteiger partial charge on any atom is 0.243 e. The van der Waals surface area contributed by atoms with Crippen LogP contribution in [0.3, 0.4) is 0 Å². The highest BCUT2D eigenvalue weighted by Gasteiger charge is 2.28. The van der Waals surface area contributed by atoms with E-state index in [1.165, 1.54) is 17.6 Å². The van der Waals surface area contributed by atoms with Crippen LogP contribution in [-0.2, 0) is 11.3 Å². The van der Waals surface area contributed by atoms with Gasteiger partial charge < -0.3 is 5.32 Å². The summed E-state index contributed by atoms with van der Waals surface area (Å²) < 4.78 is 0. The highest BCUT2D eigenvalue weighted by Crippen LogP contribution is 2.29.